The molecule has 3 nitrogen and oxygen atoms in total. The van der Waals surface area contributed by atoms with Crippen LogP contribution in [0.2, 0.25) is 0 Å². The van der Waals surface area contributed by atoms with Gasteiger partial charge >= 0.3 is 0 Å². The van der Waals surface area contributed by atoms with Crippen LogP contribution in [0.25, 0.3) is 111 Å². The molecule has 0 bridgehead atoms. The van der Waals surface area contributed by atoms with Gasteiger partial charge < -0.3 is 4.42 Å². The zero-order valence-electron chi connectivity index (χ0n) is 33.3. The molecular weight excluding hydrogens is 729 g/mol. The lowest BCUT2D eigenvalue weighted by molar-refractivity contribution is 0.661. The van der Waals surface area contributed by atoms with Crippen LogP contribution in [-0.4, -0.2) is 9.97 Å². The molecule has 0 fully saturated rings. The molecule has 0 radical (unpaired) electrons. The van der Waals surface area contributed by atoms with Gasteiger partial charge in [-0.1, -0.05) is 166 Å². The van der Waals surface area contributed by atoms with E-state index in [0.29, 0.717) is 5.82 Å². The normalized spacial score (nSPS) is 13.0. The number of para-hydroxylation sites is 1. The molecule has 0 N–H and O–H groups in total. The minimum Gasteiger partial charge on any atom is -0.456 e. The third kappa shape index (κ3) is 5.36. The first-order valence-corrected chi connectivity index (χ1v) is 20.6. The second kappa shape index (κ2) is 13.2. The van der Waals surface area contributed by atoms with Gasteiger partial charge in [-0.2, -0.15) is 0 Å². The van der Waals surface area contributed by atoms with Crippen LogP contribution in [0.15, 0.2) is 199 Å². The van der Waals surface area contributed by atoms with E-state index in [1.165, 1.54) is 44.0 Å². The van der Waals surface area contributed by atoms with Crippen molar-refractivity contribution in [2.24, 2.45) is 0 Å². The van der Waals surface area contributed by atoms with E-state index in [9.17, 15) is 0 Å². The largest absolute Gasteiger partial charge is 0.456 e. The lowest BCUT2D eigenvalue weighted by atomic mass is 9.81. The van der Waals surface area contributed by atoms with Gasteiger partial charge in [0.25, 0.3) is 0 Å². The van der Waals surface area contributed by atoms with Crippen LogP contribution >= 0.6 is 0 Å². The van der Waals surface area contributed by atoms with Crippen LogP contribution in [0, 0.1) is 0 Å². The van der Waals surface area contributed by atoms with Gasteiger partial charge in [0.05, 0.1) is 11.4 Å². The van der Waals surface area contributed by atoms with Crippen molar-refractivity contribution in [2.45, 2.75) is 19.3 Å². The molecular formula is C57H38N2O. The van der Waals surface area contributed by atoms with Gasteiger partial charge in [-0.25, -0.2) is 9.97 Å². The fourth-order valence-electron chi connectivity index (χ4n) is 9.67. The van der Waals surface area contributed by atoms with Crippen LogP contribution in [0.5, 0.6) is 0 Å². The van der Waals surface area contributed by atoms with E-state index >= 15 is 0 Å². The Labute approximate surface area is 348 Å². The number of hydrogen-bond acceptors (Lipinski definition) is 3. The van der Waals surface area contributed by atoms with E-state index in [4.69, 9.17) is 14.4 Å². The summed E-state index contributed by atoms with van der Waals surface area (Å²) in [7, 11) is 0. The third-order valence-corrected chi connectivity index (χ3v) is 12.7. The summed E-state index contributed by atoms with van der Waals surface area (Å²) in [6.07, 6.45) is 0. The van der Waals surface area contributed by atoms with Gasteiger partial charge in [0.1, 0.15) is 11.2 Å². The highest BCUT2D eigenvalue weighted by Gasteiger charge is 2.37. The molecule has 0 spiro atoms. The second-order valence-corrected chi connectivity index (χ2v) is 16.5. The lowest BCUT2D eigenvalue weighted by Crippen LogP contribution is -2.14. The summed E-state index contributed by atoms with van der Waals surface area (Å²) in [5.74, 6) is 0.707. The molecule has 11 aromatic rings. The summed E-state index contributed by atoms with van der Waals surface area (Å²) in [6, 6.07) is 69.5. The highest BCUT2D eigenvalue weighted by atomic mass is 16.3. The van der Waals surface area contributed by atoms with Crippen molar-refractivity contribution in [3.63, 3.8) is 0 Å². The first-order valence-electron chi connectivity index (χ1n) is 20.6. The maximum Gasteiger partial charge on any atom is 0.160 e. The van der Waals surface area contributed by atoms with Crippen LogP contribution in [0.1, 0.15) is 25.0 Å². The molecule has 282 valence electrons. The van der Waals surface area contributed by atoms with E-state index in [2.05, 4.69) is 190 Å². The molecule has 12 rings (SSSR count). The molecule has 9 aromatic carbocycles. The molecule has 60 heavy (non-hydrogen) atoms. The van der Waals surface area contributed by atoms with Crippen molar-refractivity contribution in [3.05, 3.63) is 205 Å². The molecule has 0 unspecified atom stereocenters. The van der Waals surface area contributed by atoms with E-state index in [1.54, 1.807) is 0 Å². The van der Waals surface area contributed by atoms with Crippen molar-refractivity contribution in [3.8, 4) is 67.3 Å². The molecule has 0 saturated carbocycles. The first-order chi connectivity index (χ1) is 29.5. The predicted molar refractivity (Wildman–Crippen MR) is 249 cm³/mol. The Morgan fingerprint density at radius 2 is 0.983 bits per heavy atom. The van der Waals surface area contributed by atoms with Crippen LogP contribution in [-0.2, 0) is 5.41 Å². The van der Waals surface area contributed by atoms with Gasteiger partial charge in [0, 0.05) is 32.9 Å². The number of hydrogen-bond donors (Lipinski definition) is 0. The summed E-state index contributed by atoms with van der Waals surface area (Å²) < 4.78 is 6.27. The lowest BCUT2D eigenvalue weighted by Gasteiger charge is -2.22. The zero-order valence-corrected chi connectivity index (χ0v) is 33.3. The van der Waals surface area contributed by atoms with E-state index in [-0.39, 0.29) is 5.41 Å². The van der Waals surface area contributed by atoms with Crippen molar-refractivity contribution in [1.82, 2.24) is 9.97 Å². The number of benzene rings is 9. The molecule has 2 aromatic heterocycles. The SMILES string of the molecule is CC1(C)c2cc3ccccc3cc2-c2c(-c3cc(-c4ccc(-c5cccc(-c6ccc7c(c6)oc6ccccc67)c5)c5ccccc45)nc(-c4ccccc4)n3)cccc21. The summed E-state index contributed by atoms with van der Waals surface area (Å²) in [4.78, 5) is 10.7. The van der Waals surface area contributed by atoms with Crippen molar-refractivity contribution in [1.29, 1.82) is 0 Å². The summed E-state index contributed by atoms with van der Waals surface area (Å²) >= 11 is 0. The molecule has 3 heteroatoms. The van der Waals surface area contributed by atoms with E-state index in [1.807, 2.05) is 18.2 Å². The summed E-state index contributed by atoms with van der Waals surface area (Å²) in [5, 5.41) is 7.09. The molecule has 0 saturated heterocycles. The van der Waals surface area contributed by atoms with Crippen LogP contribution < -0.4 is 0 Å². The minimum atomic E-state index is -0.160. The smallest absolute Gasteiger partial charge is 0.160 e. The minimum absolute atomic E-state index is 0.160. The monoisotopic (exact) mass is 766 g/mol. The molecule has 2 heterocycles. The number of fused-ring (bicyclic) bond motifs is 8. The number of furan rings is 1. The fourth-order valence-corrected chi connectivity index (χ4v) is 9.67. The third-order valence-electron chi connectivity index (χ3n) is 12.7. The van der Waals surface area contributed by atoms with Crippen LogP contribution in [0.4, 0.5) is 0 Å². The first kappa shape index (κ1) is 34.4. The van der Waals surface area contributed by atoms with Gasteiger partial charge in [0.2, 0.25) is 0 Å². The zero-order chi connectivity index (χ0) is 40.0. The molecule has 0 atom stereocenters. The Morgan fingerprint density at radius 1 is 0.367 bits per heavy atom. The Balaban J connectivity index is 1.01. The Kier molecular flexibility index (Phi) is 7.58. The van der Waals surface area contributed by atoms with E-state index < -0.39 is 0 Å². The van der Waals surface area contributed by atoms with Gasteiger partial charge in [0.15, 0.2) is 5.82 Å². The Morgan fingerprint density at radius 3 is 1.82 bits per heavy atom. The van der Waals surface area contributed by atoms with E-state index in [0.717, 1.165) is 72.1 Å². The fraction of sp³-hybridized carbons (Fsp3) is 0.0526. The van der Waals surface area contributed by atoms with Crippen molar-refractivity contribution >= 4 is 43.5 Å². The maximum atomic E-state index is 6.27. The summed E-state index contributed by atoms with van der Waals surface area (Å²) in [6.45, 7) is 4.69. The predicted octanol–water partition coefficient (Wildman–Crippen LogP) is 15.3. The molecule has 1 aliphatic rings. The topological polar surface area (TPSA) is 38.9 Å². The average Bonchev–Trinajstić information content (AvgIpc) is 3.79. The molecule has 0 amide bonds. The summed E-state index contributed by atoms with van der Waals surface area (Å²) in [5.41, 5.74) is 16.4. The molecule has 0 aliphatic heterocycles. The standard InChI is InChI=1S/C57H38N2O/c1-57(2)49-24-13-23-47(55(49)48-31-37-16-6-7-17-38(37)32-50(48)57)52-34-51(58-56(59-52)35-14-4-3-5-15-35)44-29-28-41(42-20-8-9-21-43(42)44)40-19-12-18-36(30-40)39-26-27-46-45-22-10-11-25-53(45)60-54(46)33-39/h3-34H,1-2H3. The maximum absolute atomic E-state index is 6.27. The number of nitrogens with zero attached hydrogens (tertiary/aromatic N) is 2. The number of aromatic nitrogens is 2. The number of rotatable bonds is 5. The average molecular weight is 767 g/mol. The van der Waals surface area contributed by atoms with Gasteiger partial charge in [-0.15, -0.1) is 0 Å². The molecule has 1 aliphatic carbocycles. The van der Waals surface area contributed by atoms with Gasteiger partial charge in [-0.3, -0.25) is 0 Å². The Hall–Kier alpha value is -7.62. The Bertz CT molecular complexity index is 3520. The van der Waals surface area contributed by atoms with Crippen molar-refractivity contribution in [2.75, 3.05) is 0 Å². The highest BCUT2D eigenvalue weighted by Crippen LogP contribution is 2.53. The quantitative estimate of drug-likeness (QED) is 0.175. The second-order valence-electron chi connectivity index (χ2n) is 16.5. The van der Waals surface area contributed by atoms with Gasteiger partial charge in [-0.05, 0) is 109 Å². The highest BCUT2D eigenvalue weighted by molar-refractivity contribution is 6.07. The van der Waals surface area contributed by atoms with Crippen LogP contribution in [0.3, 0.4) is 0 Å². The van der Waals surface area contributed by atoms with Crippen molar-refractivity contribution < 1.29 is 4.42 Å².